The van der Waals surface area contributed by atoms with Crippen molar-refractivity contribution in [2.24, 2.45) is 5.92 Å². The maximum Gasteiger partial charge on any atom is 0.0184 e. The standard InChI is InChI=1S/C9H17NS/c1-2-8(3-1)7-11-9-4-5-10-6-9/h8-10H,1-7H2. The minimum Gasteiger partial charge on any atom is -0.316 e. The fourth-order valence-corrected chi connectivity index (χ4v) is 3.10. The highest BCUT2D eigenvalue weighted by Gasteiger charge is 2.21. The maximum atomic E-state index is 3.41. The van der Waals surface area contributed by atoms with Crippen molar-refractivity contribution in [1.29, 1.82) is 0 Å². The van der Waals surface area contributed by atoms with Gasteiger partial charge in [0, 0.05) is 11.8 Å². The molecule has 2 rings (SSSR count). The van der Waals surface area contributed by atoms with Crippen LogP contribution in [0.5, 0.6) is 0 Å². The summed E-state index contributed by atoms with van der Waals surface area (Å²) in [6.07, 6.45) is 5.91. The van der Waals surface area contributed by atoms with E-state index in [9.17, 15) is 0 Å². The van der Waals surface area contributed by atoms with E-state index in [1.807, 2.05) is 0 Å². The number of hydrogen-bond acceptors (Lipinski definition) is 2. The van der Waals surface area contributed by atoms with Gasteiger partial charge in [-0.05, 0) is 37.5 Å². The summed E-state index contributed by atoms with van der Waals surface area (Å²) >= 11 is 2.21. The topological polar surface area (TPSA) is 12.0 Å². The molecule has 0 aromatic heterocycles. The largest absolute Gasteiger partial charge is 0.316 e. The summed E-state index contributed by atoms with van der Waals surface area (Å²) in [5.74, 6) is 2.52. The number of thioether (sulfide) groups is 1. The van der Waals surface area contributed by atoms with Gasteiger partial charge in [-0.3, -0.25) is 0 Å². The highest BCUT2D eigenvalue weighted by molar-refractivity contribution is 7.99. The number of hydrogen-bond donors (Lipinski definition) is 1. The molecule has 1 aliphatic heterocycles. The van der Waals surface area contributed by atoms with Gasteiger partial charge in [0.25, 0.3) is 0 Å². The van der Waals surface area contributed by atoms with E-state index in [1.165, 1.54) is 44.5 Å². The second-order valence-corrected chi connectivity index (χ2v) is 5.08. The van der Waals surface area contributed by atoms with Gasteiger partial charge in [0.05, 0.1) is 0 Å². The molecule has 0 aromatic carbocycles. The summed E-state index contributed by atoms with van der Waals surface area (Å²) in [4.78, 5) is 0. The van der Waals surface area contributed by atoms with Crippen molar-refractivity contribution in [3.63, 3.8) is 0 Å². The molecule has 1 saturated heterocycles. The first kappa shape index (κ1) is 7.93. The minimum absolute atomic E-state index is 0.940. The molecule has 2 heteroatoms. The lowest BCUT2D eigenvalue weighted by atomic mass is 9.87. The van der Waals surface area contributed by atoms with Crippen LogP contribution in [0.2, 0.25) is 0 Å². The van der Waals surface area contributed by atoms with Crippen molar-refractivity contribution in [2.45, 2.75) is 30.9 Å². The molecule has 1 saturated carbocycles. The van der Waals surface area contributed by atoms with Gasteiger partial charge in [-0.25, -0.2) is 0 Å². The van der Waals surface area contributed by atoms with Gasteiger partial charge in [0.2, 0.25) is 0 Å². The van der Waals surface area contributed by atoms with Crippen molar-refractivity contribution in [1.82, 2.24) is 5.32 Å². The molecule has 11 heavy (non-hydrogen) atoms. The van der Waals surface area contributed by atoms with Crippen LogP contribution < -0.4 is 5.32 Å². The van der Waals surface area contributed by atoms with Crippen molar-refractivity contribution in [3.8, 4) is 0 Å². The van der Waals surface area contributed by atoms with Gasteiger partial charge in [0.1, 0.15) is 0 Å². The molecule has 2 fully saturated rings. The van der Waals surface area contributed by atoms with Gasteiger partial charge in [-0.15, -0.1) is 0 Å². The van der Waals surface area contributed by atoms with Gasteiger partial charge in [-0.1, -0.05) is 6.42 Å². The number of rotatable bonds is 3. The molecule has 1 atom stereocenters. The van der Waals surface area contributed by atoms with E-state index in [1.54, 1.807) is 0 Å². The first-order chi connectivity index (χ1) is 5.45. The fraction of sp³-hybridized carbons (Fsp3) is 1.00. The van der Waals surface area contributed by atoms with E-state index in [0.29, 0.717) is 0 Å². The van der Waals surface area contributed by atoms with Crippen molar-refractivity contribution >= 4 is 11.8 Å². The monoisotopic (exact) mass is 171 g/mol. The Balaban J connectivity index is 1.57. The Hall–Kier alpha value is 0.310. The Labute approximate surface area is 73.3 Å². The summed E-state index contributed by atoms with van der Waals surface area (Å²) in [7, 11) is 0. The van der Waals surface area contributed by atoms with E-state index in [2.05, 4.69) is 17.1 Å². The van der Waals surface area contributed by atoms with E-state index < -0.39 is 0 Å². The van der Waals surface area contributed by atoms with Gasteiger partial charge in [-0.2, -0.15) is 11.8 Å². The van der Waals surface area contributed by atoms with Crippen molar-refractivity contribution in [3.05, 3.63) is 0 Å². The van der Waals surface area contributed by atoms with Crippen LogP contribution in [0, 0.1) is 5.92 Å². The zero-order valence-electron chi connectivity index (χ0n) is 7.01. The SMILES string of the molecule is C1CC(CSC2CCNC2)C1. The highest BCUT2D eigenvalue weighted by atomic mass is 32.2. The van der Waals surface area contributed by atoms with E-state index in [4.69, 9.17) is 0 Å². The zero-order valence-corrected chi connectivity index (χ0v) is 7.83. The summed E-state index contributed by atoms with van der Waals surface area (Å²) in [5, 5.41) is 4.35. The molecule has 1 N–H and O–H groups in total. The summed E-state index contributed by atoms with van der Waals surface area (Å²) < 4.78 is 0. The number of nitrogens with one attached hydrogen (secondary N) is 1. The lowest BCUT2D eigenvalue weighted by molar-refractivity contribution is 0.353. The average molecular weight is 171 g/mol. The predicted octanol–water partition coefficient (Wildman–Crippen LogP) is 1.88. The molecular weight excluding hydrogens is 154 g/mol. The third kappa shape index (κ3) is 2.12. The molecular formula is C9H17NS. The Kier molecular flexibility index (Phi) is 2.75. The third-order valence-corrected chi connectivity index (χ3v) is 4.35. The van der Waals surface area contributed by atoms with E-state index in [0.717, 1.165) is 11.2 Å². The molecule has 0 radical (unpaired) electrons. The highest BCUT2D eigenvalue weighted by Crippen LogP contribution is 2.31. The molecule has 1 nitrogen and oxygen atoms in total. The van der Waals surface area contributed by atoms with Crippen molar-refractivity contribution in [2.75, 3.05) is 18.8 Å². The van der Waals surface area contributed by atoms with Gasteiger partial charge < -0.3 is 5.32 Å². The van der Waals surface area contributed by atoms with E-state index >= 15 is 0 Å². The van der Waals surface area contributed by atoms with Gasteiger partial charge >= 0.3 is 0 Å². The smallest absolute Gasteiger partial charge is 0.0184 e. The van der Waals surface area contributed by atoms with Crippen LogP contribution >= 0.6 is 11.8 Å². The van der Waals surface area contributed by atoms with Crippen LogP contribution in [0.25, 0.3) is 0 Å². The lowest BCUT2D eigenvalue weighted by Crippen LogP contribution is -2.17. The van der Waals surface area contributed by atoms with Crippen LogP contribution in [0.4, 0.5) is 0 Å². The lowest BCUT2D eigenvalue weighted by Gasteiger charge is -2.25. The van der Waals surface area contributed by atoms with Gasteiger partial charge in [0.15, 0.2) is 0 Å². The van der Waals surface area contributed by atoms with Crippen LogP contribution in [0.15, 0.2) is 0 Å². The average Bonchev–Trinajstić information content (AvgIpc) is 2.36. The quantitative estimate of drug-likeness (QED) is 0.696. The Bertz CT molecular complexity index is 117. The first-order valence-electron chi connectivity index (χ1n) is 4.77. The zero-order chi connectivity index (χ0) is 7.52. The molecule has 0 spiro atoms. The molecule has 0 amide bonds. The molecule has 0 bridgehead atoms. The molecule has 1 heterocycles. The van der Waals surface area contributed by atoms with Crippen LogP contribution in [-0.4, -0.2) is 24.1 Å². The molecule has 2 aliphatic rings. The van der Waals surface area contributed by atoms with Crippen LogP contribution in [-0.2, 0) is 0 Å². The Morgan fingerprint density at radius 3 is 2.73 bits per heavy atom. The molecule has 1 unspecified atom stereocenters. The Morgan fingerprint density at radius 1 is 1.27 bits per heavy atom. The Morgan fingerprint density at radius 2 is 2.18 bits per heavy atom. The molecule has 1 aliphatic carbocycles. The second-order valence-electron chi connectivity index (χ2n) is 3.75. The van der Waals surface area contributed by atoms with E-state index in [-0.39, 0.29) is 0 Å². The van der Waals surface area contributed by atoms with Crippen LogP contribution in [0.1, 0.15) is 25.7 Å². The molecule has 64 valence electrons. The fourth-order valence-electron chi connectivity index (χ4n) is 1.70. The summed E-state index contributed by atoms with van der Waals surface area (Å²) in [6, 6.07) is 0. The van der Waals surface area contributed by atoms with Crippen molar-refractivity contribution < 1.29 is 0 Å². The normalized spacial score (nSPS) is 32.2. The third-order valence-electron chi connectivity index (χ3n) is 2.81. The predicted molar refractivity (Wildman–Crippen MR) is 51.1 cm³/mol. The van der Waals surface area contributed by atoms with Crippen LogP contribution in [0.3, 0.4) is 0 Å². The first-order valence-corrected chi connectivity index (χ1v) is 5.82. The summed E-state index contributed by atoms with van der Waals surface area (Å²) in [6.45, 7) is 2.51. The second kappa shape index (κ2) is 3.81. The summed E-state index contributed by atoms with van der Waals surface area (Å²) in [5.41, 5.74) is 0. The maximum absolute atomic E-state index is 3.41. The minimum atomic E-state index is 0.940. The molecule has 0 aromatic rings.